The summed E-state index contributed by atoms with van der Waals surface area (Å²) >= 11 is 1.50. The number of nitrogens with zero attached hydrogens (tertiary/aromatic N) is 2. The Kier molecular flexibility index (Phi) is 5.69. The Balaban J connectivity index is 3.08. The molecule has 9 heteroatoms. The second-order valence-corrected chi connectivity index (χ2v) is 8.49. The Hall–Kier alpha value is -0.960. The number of amidine groups is 1. The minimum atomic E-state index is -3.37. The lowest BCUT2D eigenvalue weighted by atomic mass is 9.93. The van der Waals surface area contributed by atoms with Crippen molar-refractivity contribution in [1.29, 1.82) is 0 Å². The van der Waals surface area contributed by atoms with Crippen molar-refractivity contribution in [2.45, 2.75) is 19.2 Å². The van der Waals surface area contributed by atoms with E-state index < -0.39 is 27.0 Å². The van der Waals surface area contributed by atoms with Crippen molar-refractivity contribution in [1.82, 2.24) is 4.90 Å². The lowest BCUT2D eigenvalue weighted by Crippen LogP contribution is -2.54. The maximum atomic E-state index is 12.6. The number of sulfone groups is 1. The number of nitrogens with two attached hydrogens (primary N) is 1. The number of hydrogen-bond acceptors (Lipinski definition) is 6. The third kappa shape index (κ3) is 3.78. The van der Waals surface area contributed by atoms with Crippen LogP contribution in [0, 0.1) is 11.8 Å². The molecular formula is C11H21N3O4S2. The quantitative estimate of drug-likeness (QED) is 0.325. The SMILES string of the molecule is CC(C)C(C(=O)N1CCSCC1S(C)(=O)=O)C(N)=NO. The molecule has 2 unspecified atom stereocenters. The average Bonchev–Trinajstić information content (AvgIpc) is 2.37. The van der Waals surface area contributed by atoms with Gasteiger partial charge in [-0.25, -0.2) is 8.42 Å². The zero-order valence-corrected chi connectivity index (χ0v) is 13.4. The van der Waals surface area contributed by atoms with Crippen LogP contribution >= 0.6 is 11.8 Å². The summed E-state index contributed by atoms with van der Waals surface area (Å²) in [5.41, 5.74) is 5.58. The van der Waals surface area contributed by atoms with Gasteiger partial charge in [0.05, 0.1) is 0 Å². The van der Waals surface area contributed by atoms with E-state index in [1.54, 1.807) is 13.8 Å². The summed E-state index contributed by atoms with van der Waals surface area (Å²) in [6, 6.07) is 0. The predicted molar refractivity (Wildman–Crippen MR) is 79.4 cm³/mol. The number of carbonyl (C=O) groups is 1. The van der Waals surface area contributed by atoms with Gasteiger partial charge in [0.25, 0.3) is 0 Å². The molecule has 20 heavy (non-hydrogen) atoms. The van der Waals surface area contributed by atoms with E-state index in [1.807, 2.05) is 0 Å². The summed E-state index contributed by atoms with van der Waals surface area (Å²) in [7, 11) is -3.37. The summed E-state index contributed by atoms with van der Waals surface area (Å²) < 4.78 is 23.6. The molecule has 7 nitrogen and oxygen atoms in total. The van der Waals surface area contributed by atoms with E-state index in [1.165, 1.54) is 16.7 Å². The minimum Gasteiger partial charge on any atom is -0.409 e. The second-order valence-electron chi connectivity index (χ2n) is 5.14. The highest BCUT2D eigenvalue weighted by atomic mass is 32.2. The summed E-state index contributed by atoms with van der Waals surface area (Å²) in [5, 5.41) is 10.9. The van der Waals surface area contributed by atoms with Crippen molar-refractivity contribution in [3.05, 3.63) is 0 Å². The van der Waals surface area contributed by atoms with E-state index in [-0.39, 0.29) is 11.8 Å². The summed E-state index contributed by atoms with van der Waals surface area (Å²) in [6.07, 6.45) is 1.12. The molecule has 1 aliphatic rings. The zero-order chi connectivity index (χ0) is 15.5. The van der Waals surface area contributed by atoms with E-state index in [0.717, 1.165) is 6.26 Å². The fourth-order valence-corrected chi connectivity index (χ4v) is 5.00. The van der Waals surface area contributed by atoms with Crippen molar-refractivity contribution >= 4 is 33.3 Å². The molecule has 1 aliphatic heterocycles. The van der Waals surface area contributed by atoms with Gasteiger partial charge in [-0.3, -0.25) is 4.79 Å². The fourth-order valence-electron chi connectivity index (χ4n) is 2.18. The first kappa shape index (κ1) is 17.1. The molecule has 1 fully saturated rings. The maximum absolute atomic E-state index is 12.6. The molecule has 0 radical (unpaired) electrons. The van der Waals surface area contributed by atoms with E-state index in [9.17, 15) is 13.2 Å². The van der Waals surface area contributed by atoms with Gasteiger partial charge in [0.15, 0.2) is 15.7 Å². The highest BCUT2D eigenvalue weighted by Crippen LogP contribution is 2.24. The fraction of sp³-hybridized carbons (Fsp3) is 0.818. The minimum absolute atomic E-state index is 0.185. The van der Waals surface area contributed by atoms with E-state index in [0.29, 0.717) is 18.1 Å². The lowest BCUT2D eigenvalue weighted by molar-refractivity contribution is -0.134. The van der Waals surface area contributed by atoms with Crippen molar-refractivity contribution < 1.29 is 18.4 Å². The van der Waals surface area contributed by atoms with Crippen LogP contribution in [-0.2, 0) is 14.6 Å². The molecule has 116 valence electrons. The summed E-state index contributed by atoms with van der Waals surface area (Å²) in [4.78, 5) is 13.9. The van der Waals surface area contributed by atoms with Crippen molar-refractivity contribution in [3.8, 4) is 0 Å². The molecular weight excluding hydrogens is 302 g/mol. The van der Waals surface area contributed by atoms with Gasteiger partial charge in [0.1, 0.15) is 11.3 Å². The number of rotatable bonds is 4. The third-order valence-electron chi connectivity index (χ3n) is 3.23. The van der Waals surface area contributed by atoms with Crippen LogP contribution in [0.15, 0.2) is 5.16 Å². The van der Waals surface area contributed by atoms with Crippen LogP contribution in [0.3, 0.4) is 0 Å². The number of thioether (sulfide) groups is 1. The van der Waals surface area contributed by atoms with Crippen LogP contribution in [0.25, 0.3) is 0 Å². The number of hydrogen-bond donors (Lipinski definition) is 2. The smallest absolute Gasteiger partial charge is 0.234 e. The Morgan fingerprint density at radius 3 is 2.55 bits per heavy atom. The summed E-state index contributed by atoms with van der Waals surface area (Å²) in [5.74, 6) is -0.549. The topological polar surface area (TPSA) is 113 Å². The van der Waals surface area contributed by atoms with Gasteiger partial charge in [-0.2, -0.15) is 11.8 Å². The molecule has 0 saturated carbocycles. The van der Waals surface area contributed by atoms with Gasteiger partial charge < -0.3 is 15.8 Å². The standard InChI is InChI=1S/C11H21N3O4S2/c1-7(2)9(10(12)13-16)11(15)14-4-5-19-6-8(14)20(3,17)18/h7-9,16H,4-6H2,1-3H3,(H2,12,13). The third-order valence-corrected chi connectivity index (χ3v) is 5.87. The molecule has 0 bridgehead atoms. The van der Waals surface area contributed by atoms with Gasteiger partial charge in [-0.15, -0.1) is 0 Å². The Bertz CT molecular complexity index is 490. The van der Waals surface area contributed by atoms with Gasteiger partial charge in [0.2, 0.25) is 5.91 Å². The molecule has 0 aromatic carbocycles. The van der Waals surface area contributed by atoms with Crippen LogP contribution in [0.1, 0.15) is 13.8 Å². The van der Waals surface area contributed by atoms with Crippen LogP contribution < -0.4 is 5.73 Å². The Labute approximate surface area is 123 Å². The van der Waals surface area contributed by atoms with Crippen LogP contribution in [-0.4, -0.2) is 59.9 Å². The normalized spacial score (nSPS) is 22.9. The number of amides is 1. The zero-order valence-electron chi connectivity index (χ0n) is 11.8. The molecule has 0 spiro atoms. The Morgan fingerprint density at radius 2 is 2.10 bits per heavy atom. The molecule has 1 heterocycles. The van der Waals surface area contributed by atoms with Gasteiger partial charge >= 0.3 is 0 Å². The van der Waals surface area contributed by atoms with E-state index >= 15 is 0 Å². The first-order valence-electron chi connectivity index (χ1n) is 6.24. The highest BCUT2D eigenvalue weighted by molar-refractivity contribution is 8.00. The van der Waals surface area contributed by atoms with Crippen molar-refractivity contribution in [2.75, 3.05) is 24.3 Å². The van der Waals surface area contributed by atoms with Crippen LogP contribution in [0.4, 0.5) is 0 Å². The number of oxime groups is 1. The molecule has 0 aromatic heterocycles. The predicted octanol–water partition coefficient (Wildman–Crippen LogP) is -0.0489. The molecule has 2 atom stereocenters. The highest BCUT2D eigenvalue weighted by Gasteiger charge is 2.39. The van der Waals surface area contributed by atoms with E-state index in [4.69, 9.17) is 10.9 Å². The molecule has 0 aliphatic carbocycles. The van der Waals surface area contributed by atoms with Crippen molar-refractivity contribution in [2.24, 2.45) is 22.7 Å². The molecule has 1 saturated heterocycles. The summed E-state index contributed by atoms with van der Waals surface area (Å²) in [6.45, 7) is 3.90. The maximum Gasteiger partial charge on any atom is 0.234 e. The second kappa shape index (κ2) is 6.66. The van der Waals surface area contributed by atoms with Gasteiger partial charge in [-0.1, -0.05) is 19.0 Å². The first-order chi connectivity index (χ1) is 9.20. The van der Waals surface area contributed by atoms with Crippen LogP contribution in [0.2, 0.25) is 0 Å². The lowest BCUT2D eigenvalue weighted by Gasteiger charge is -2.36. The van der Waals surface area contributed by atoms with Gasteiger partial charge in [-0.05, 0) is 5.92 Å². The molecule has 1 amide bonds. The Morgan fingerprint density at radius 1 is 1.50 bits per heavy atom. The average molecular weight is 323 g/mol. The van der Waals surface area contributed by atoms with E-state index in [2.05, 4.69) is 5.16 Å². The monoisotopic (exact) mass is 323 g/mol. The molecule has 3 N–H and O–H groups in total. The molecule has 0 aromatic rings. The molecule has 1 rings (SSSR count). The first-order valence-corrected chi connectivity index (χ1v) is 9.35. The largest absolute Gasteiger partial charge is 0.409 e. The van der Waals surface area contributed by atoms with Crippen molar-refractivity contribution in [3.63, 3.8) is 0 Å². The number of carbonyl (C=O) groups excluding carboxylic acids is 1. The van der Waals surface area contributed by atoms with Gasteiger partial charge in [0, 0.05) is 24.3 Å². The van der Waals surface area contributed by atoms with Crippen LogP contribution in [0.5, 0.6) is 0 Å².